The Morgan fingerprint density at radius 2 is 2.29 bits per heavy atom. The van der Waals surface area contributed by atoms with E-state index in [1.54, 1.807) is 12.4 Å². The number of H-pyrrole nitrogens is 1. The average molecular weight is 214 g/mol. The molecule has 0 amide bonds. The Kier molecular flexibility index (Phi) is 2.60. The van der Waals surface area contributed by atoms with Gasteiger partial charge in [0.1, 0.15) is 0 Å². The van der Waals surface area contributed by atoms with Gasteiger partial charge in [0.2, 0.25) is 10.0 Å². The van der Waals surface area contributed by atoms with E-state index in [2.05, 4.69) is 9.71 Å². The molecule has 1 aliphatic carbocycles. The van der Waals surface area contributed by atoms with E-state index < -0.39 is 10.0 Å². The molecule has 0 bridgehead atoms. The quantitative estimate of drug-likeness (QED) is 0.763. The lowest BCUT2D eigenvalue weighted by Gasteiger charge is -2.03. The number of hydrogen-bond acceptors (Lipinski definition) is 2. The fraction of sp³-hybridized carbons (Fsp3) is 0.556. The van der Waals surface area contributed by atoms with Crippen LogP contribution in [-0.2, 0) is 16.6 Å². The first kappa shape index (κ1) is 9.73. The van der Waals surface area contributed by atoms with Crippen LogP contribution in [0.15, 0.2) is 18.5 Å². The van der Waals surface area contributed by atoms with Crippen molar-refractivity contribution in [1.82, 2.24) is 9.71 Å². The first-order valence-corrected chi connectivity index (χ1v) is 6.40. The fourth-order valence-electron chi connectivity index (χ4n) is 1.32. The highest BCUT2D eigenvalue weighted by Gasteiger charge is 2.27. The Morgan fingerprint density at radius 3 is 2.86 bits per heavy atom. The second kappa shape index (κ2) is 3.74. The molecule has 5 heteroatoms. The van der Waals surface area contributed by atoms with Crippen LogP contribution in [-0.4, -0.2) is 19.2 Å². The molecule has 1 aromatic heterocycles. The van der Waals surface area contributed by atoms with Crippen molar-refractivity contribution >= 4 is 10.0 Å². The summed E-state index contributed by atoms with van der Waals surface area (Å²) in [5.74, 6) is 0.691. The van der Waals surface area contributed by atoms with Crippen molar-refractivity contribution in [2.24, 2.45) is 5.92 Å². The monoisotopic (exact) mass is 214 g/mol. The van der Waals surface area contributed by atoms with E-state index in [0.717, 1.165) is 18.4 Å². The van der Waals surface area contributed by atoms with Gasteiger partial charge in [0, 0.05) is 18.9 Å². The highest BCUT2D eigenvalue weighted by Crippen LogP contribution is 2.29. The zero-order valence-electron chi connectivity index (χ0n) is 7.86. The van der Waals surface area contributed by atoms with Crippen molar-refractivity contribution < 1.29 is 8.42 Å². The minimum atomic E-state index is -3.06. The molecule has 0 unspecified atom stereocenters. The second-order valence-corrected chi connectivity index (χ2v) is 5.62. The van der Waals surface area contributed by atoms with Gasteiger partial charge >= 0.3 is 0 Å². The molecule has 1 saturated carbocycles. The van der Waals surface area contributed by atoms with Gasteiger partial charge in [0.05, 0.1) is 5.75 Å². The highest BCUT2D eigenvalue weighted by atomic mass is 32.2. The molecule has 78 valence electrons. The van der Waals surface area contributed by atoms with Crippen LogP contribution in [0.2, 0.25) is 0 Å². The molecule has 4 nitrogen and oxygen atoms in total. The number of aromatic amines is 1. The largest absolute Gasteiger partial charge is 0.367 e. The van der Waals surface area contributed by atoms with Gasteiger partial charge in [-0.05, 0) is 30.4 Å². The van der Waals surface area contributed by atoms with Crippen LogP contribution in [0.3, 0.4) is 0 Å². The Labute approximate surface area is 83.8 Å². The molecule has 1 aromatic rings. The van der Waals surface area contributed by atoms with Crippen LogP contribution in [0.4, 0.5) is 0 Å². The number of nitrogens with one attached hydrogen (secondary N) is 2. The van der Waals surface area contributed by atoms with Gasteiger partial charge in [-0.2, -0.15) is 0 Å². The predicted molar refractivity (Wildman–Crippen MR) is 54.1 cm³/mol. The van der Waals surface area contributed by atoms with Gasteiger partial charge in [-0.3, -0.25) is 0 Å². The number of hydrogen-bond donors (Lipinski definition) is 2. The molecule has 2 rings (SSSR count). The van der Waals surface area contributed by atoms with Crippen LogP contribution >= 0.6 is 0 Å². The molecule has 1 aliphatic rings. The first-order valence-electron chi connectivity index (χ1n) is 4.75. The van der Waals surface area contributed by atoms with Crippen LogP contribution in [0, 0.1) is 5.92 Å². The summed E-state index contributed by atoms with van der Waals surface area (Å²) in [6.07, 6.45) is 5.69. The maximum atomic E-state index is 11.5. The van der Waals surface area contributed by atoms with Gasteiger partial charge in [-0.1, -0.05) is 0 Å². The van der Waals surface area contributed by atoms with Gasteiger partial charge in [0.25, 0.3) is 0 Å². The van der Waals surface area contributed by atoms with Crippen LogP contribution in [0.1, 0.15) is 18.4 Å². The first-order chi connectivity index (χ1) is 6.66. The molecule has 1 heterocycles. The zero-order valence-corrected chi connectivity index (χ0v) is 8.68. The molecule has 0 aliphatic heterocycles. The molecule has 0 saturated heterocycles. The Balaban J connectivity index is 1.84. The smallest absolute Gasteiger partial charge is 0.212 e. The van der Waals surface area contributed by atoms with Crippen molar-refractivity contribution in [3.63, 3.8) is 0 Å². The minimum absolute atomic E-state index is 0.289. The SMILES string of the molecule is O=S(=O)(CC1CC1)NCc1cc[nH]c1. The molecule has 1 fully saturated rings. The lowest BCUT2D eigenvalue weighted by molar-refractivity contribution is 0.577. The Morgan fingerprint density at radius 1 is 1.50 bits per heavy atom. The number of aromatic nitrogens is 1. The fourth-order valence-corrected chi connectivity index (χ4v) is 2.77. The molecule has 14 heavy (non-hydrogen) atoms. The summed E-state index contributed by atoms with van der Waals surface area (Å²) >= 11 is 0. The van der Waals surface area contributed by atoms with Gasteiger partial charge in [0.15, 0.2) is 0 Å². The van der Waals surface area contributed by atoms with E-state index in [1.807, 2.05) is 6.07 Å². The zero-order chi connectivity index (χ0) is 10.0. The van der Waals surface area contributed by atoms with Gasteiger partial charge in [-0.15, -0.1) is 0 Å². The van der Waals surface area contributed by atoms with E-state index >= 15 is 0 Å². The molecular formula is C9H14N2O2S. The van der Waals surface area contributed by atoms with Crippen molar-refractivity contribution in [1.29, 1.82) is 0 Å². The summed E-state index contributed by atoms with van der Waals surface area (Å²) < 4.78 is 25.5. The summed E-state index contributed by atoms with van der Waals surface area (Å²) in [4.78, 5) is 2.88. The average Bonchev–Trinajstić information content (AvgIpc) is 2.78. The summed E-state index contributed by atoms with van der Waals surface area (Å²) in [5.41, 5.74) is 0.962. The summed E-state index contributed by atoms with van der Waals surface area (Å²) in [6.45, 7) is 0.387. The van der Waals surface area contributed by atoms with Crippen LogP contribution in [0.25, 0.3) is 0 Å². The van der Waals surface area contributed by atoms with E-state index in [9.17, 15) is 8.42 Å². The molecule has 0 aromatic carbocycles. The normalized spacial score (nSPS) is 17.1. The lowest BCUT2D eigenvalue weighted by atomic mass is 10.4. The third-order valence-corrected chi connectivity index (χ3v) is 3.81. The summed E-state index contributed by atoms with van der Waals surface area (Å²) in [7, 11) is -3.06. The molecular weight excluding hydrogens is 200 g/mol. The third-order valence-electron chi connectivity index (χ3n) is 2.31. The maximum Gasteiger partial charge on any atom is 0.212 e. The Bertz CT molecular complexity index is 379. The highest BCUT2D eigenvalue weighted by molar-refractivity contribution is 7.89. The number of rotatable bonds is 5. The van der Waals surface area contributed by atoms with Crippen molar-refractivity contribution in [2.75, 3.05) is 5.75 Å². The van der Waals surface area contributed by atoms with E-state index in [-0.39, 0.29) is 5.75 Å². The summed E-state index contributed by atoms with van der Waals surface area (Å²) in [5, 5.41) is 0. The van der Waals surface area contributed by atoms with Crippen molar-refractivity contribution in [3.8, 4) is 0 Å². The standard InChI is InChI=1S/C9H14N2O2S/c12-14(13,7-8-1-2-8)11-6-9-3-4-10-5-9/h3-5,8,10-11H,1-2,6-7H2. The third kappa shape index (κ3) is 2.85. The van der Waals surface area contributed by atoms with E-state index in [0.29, 0.717) is 12.5 Å². The van der Waals surface area contributed by atoms with Gasteiger partial charge < -0.3 is 4.98 Å². The van der Waals surface area contributed by atoms with Crippen LogP contribution < -0.4 is 4.72 Å². The molecule has 0 atom stereocenters. The molecule has 0 radical (unpaired) electrons. The van der Waals surface area contributed by atoms with E-state index in [4.69, 9.17) is 0 Å². The maximum absolute atomic E-state index is 11.5. The van der Waals surface area contributed by atoms with Gasteiger partial charge in [-0.25, -0.2) is 13.1 Å². The Hall–Kier alpha value is -0.810. The molecule has 2 N–H and O–H groups in total. The van der Waals surface area contributed by atoms with Crippen molar-refractivity contribution in [2.45, 2.75) is 19.4 Å². The van der Waals surface area contributed by atoms with Crippen molar-refractivity contribution in [3.05, 3.63) is 24.0 Å². The van der Waals surface area contributed by atoms with Crippen LogP contribution in [0.5, 0.6) is 0 Å². The second-order valence-electron chi connectivity index (χ2n) is 3.77. The lowest BCUT2D eigenvalue weighted by Crippen LogP contribution is -2.26. The number of sulfonamides is 1. The minimum Gasteiger partial charge on any atom is -0.367 e. The predicted octanol–water partition coefficient (Wildman–Crippen LogP) is 0.844. The molecule has 0 spiro atoms. The summed E-state index contributed by atoms with van der Waals surface area (Å²) in [6, 6.07) is 1.86. The van der Waals surface area contributed by atoms with E-state index in [1.165, 1.54) is 0 Å². The topological polar surface area (TPSA) is 62.0 Å².